The molecule has 18 heteroatoms. The van der Waals surface area contributed by atoms with E-state index in [1.165, 1.54) is 14.6 Å². The Morgan fingerprint density at radius 2 is 1.51 bits per heavy atom. The van der Waals surface area contributed by atoms with Crippen molar-refractivity contribution in [1.82, 2.24) is 25.1 Å². The summed E-state index contributed by atoms with van der Waals surface area (Å²) in [5.41, 5.74) is -4.70. The number of aromatic nitrogens is 4. The van der Waals surface area contributed by atoms with Crippen LogP contribution in [-0.2, 0) is 36.4 Å². The normalized spacial score (nSPS) is 19.0. The number of likely N-dealkylation sites (tertiary alicyclic amines) is 1. The van der Waals surface area contributed by atoms with Crippen LogP contribution in [0.5, 0.6) is 0 Å². The number of tetrazole rings is 1. The maximum Gasteiger partial charge on any atom is 0.416 e. The predicted molar refractivity (Wildman–Crippen MR) is 158 cm³/mol. The average Bonchev–Trinajstić information content (AvgIpc) is 3.69. The van der Waals surface area contributed by atoms with E-state index in [9.17, 15) is 44.3 Å². The Hall–Kier alpha value is -4.09. The lowest BCUT2D eigenvalue weighted by Crippen LogP contribution is -2.47. The van der Waals surface area contributed by atoms with Gasteiger partial charge in [-0.15, -0.1) is 5.10 Å². The Labute approximate surface area is 275 Å². The van der Waals surface area contributed by atoms with Gasteiger partial charge >= 0.3 is 24.6 Å². The fourth-order valence-electron chi connectivity index (χ4n) is 6.15. The second kappa shape index (κ2) is 13.7. The number of benzene rings is 2. The summed E-state index contributed by atoms with van der Waals surface area (Å²) in [4.78, 5) is 18.9. The van der Waals surface area contributed by atoms with Crippen molar-refractivity contribution < 1.29 is 49.0 Å². The number of carbonyl (C=O) groups excluding carboxylic acids is 1. The van der Waals surface area contributed by atoms with Crippen molar-refractivity contribution in [2.24, 2.45) is 0 Å². The van der Waals surface area contributed by atoms with E-state index in [1.807, 2.05) is 0 Å². The molecule has 0 unspecified atom stereocenters. The molecule has 268 valence electrons. The van der Waals surface area contributed by atoms with Gasteiger partial charge in [0.05, 0.1) is 41.1 Å². The zero-order chi connectivity index (χ0) is 35.9. The van der Waals surface area contributed by atoms with E-state index in [1.54, 1.807) is 20.8 Å². The van der Waals surface area contributed by atoms with Crippen LogP contribution in [0.1, 0.15) is 73.9 Å². The Morgan fingerprint density at radius 3 is 2.08 bits per heavy atom. The highest BCUT2D eigenvalue weighted by Crippen LogP contribution is 2.45. The van der Waals surface area contributed by atoms with Crippen molar-refractivity contribution in [1.29, 1.82) is 0 Å². The molecule has 0 N–H and O–H groups in total. The number of fused-ring (bicyclic) bond motifs is 1. The van der Waals surface area contributed by atoms with Gasteiger partial charge in [0.1, 0.15) is 0 Å². The maximum absolute atomic E-state index is 14.0. The molecule has 5 rings (SSSR count). The zero-order valence-electron chi connectivity index (χ0n) is 26.7. The third-order valence-electron chi connectivity index (χ3n) is 8.40. The minimum Gasteiger partial charge on any atom is -0.446 e. The van der Waals surface area contributed by atoms with Crippen LogP contribution < -0.4 is 9.80 Å². The third-order valence-corrected chi connectivity index (χ3v) is 8.40. The highest BCUT2D eigenvalue weighted by Gasteiger charge is 2.42. The van der Waals surface area contributed by atoms with Crippen molar-refractivity contribution in [3.8, 4) is 0 Å². The predicted octanol–water partition coefficient (Wildman–Crippen LogP) is 7.72. The second-order valence-corrected chi connectivity index (χ2v) is 12.5. The van der Waals surface area contributed by atoms with Gasteiger partial charge in [-0.3, -0.25) is 4.90 Å². The molecule has 49 heavy (non-hydrogen) atoms. The summed E-state index contributed by atoms with van der Waals surface area (Å²) >= 11 is 0. The van der Waals surface area contributed by atoms with Gasteiger partial charge in [-0.05, 0) is 106 Å². The summed E-state index contributed by atoms with van der Waals surface area (Å²) in [6.07, 6.45) is -14.6. The van der Waals surface area contributed by atoms with Gasteiger partial charge < -0.3 is 14.5 Å². The highest BCUT2D eigenvalue weighted by atomic mass is 19.4. The standard InChI is InChI=1S/C31H34F9N7O2/c1-18(2)49-28(48)47-19(3)12-26(24-16-21(29(32,33)34)6-7-25(24)47)45(27-41-43-46(42-27)11-10-44-8-4-5-9-44)17-20-13-22(30(35,36)37)15-23(14-20)31(38,39)40/h6-7,13-16,18-19,26H,4-5,8-12,17H2,1-3H3/t19-,26+/m1/s1. The topological polar surface area (TPSA) is 79.6 Å². The molecule has 9 nitrogen and oxygen atoms in total. The lowest BCUT2D eigenvalue weighted by atomic mass is 9.89. The van der Waals surface area contributed by atoms with E-state index in [0.717, 1.165) is 44.1 Å². The van der Waals surface area contributed by atoms with Gasteiger partial charge in [0.15, 0.2) is 0 Å². The zero-order valence-corrected chi connectivity index (χ0v) is 26.7. The SMILES string of the molecule is CC(C)OC(=O)N1c2ccc(C(F)(F)F)cc2[C@@H](N(Cc2cc(C(F)(F)F)cc(C(F)(F)F)c2)c2nnn(CCN3CCCC3)n2)C[C@H]1C. The molecule has 3 heterocycles. The fourth-order valence-corrected chi connectivity index (χ4v) is 6.15. The minimum atomic E-state index is -5.14. The van der Waals surface area contributed by atoms with Gasteiger partial charge in [0.2, 0.25) is 0 Å². The minimum absolute atomic E-state index is 0.00741. The number of rotatable bonds is 8. The molecule has 0 spiro atoms. The number of hydrogen-bond donors (Lipinski definition) is 0. The van der Waals surface area contributed by atoms with Crippen LogP contribution in [0.4, 0.5) is 55.9 Å². The van der Waals surface area contributed by atoms with Crippen molar-refractivity contribution in [2.45, 2.75) is 89.8 Å². The molecule has 1 fully saturated rings. The summed E-state index contributed by atoms with van der Waals surface area (Å²) in [6, 6.07) is 1.86. The monoisotopic (exact) mass is 707 g/mol. The number of alkyl halides is 9. The van der Waals surface area contributed by atoms with Crippen molar-refractivity contribution in [3.05, 3.63) is 64.2 Å². The van der Waals surface area contributed by atoms with Crippen molar-refractivity contribution >= 4 is 17.7 Å². The second-order valence-electron chi connectivity index (χ2n) is 12.5. The van der Waals surface area contributed by atoms with Crippen LogP contribution >= 0.6 is 0 Å². The van der Waals surface area contributed by atoms with Crippen LogP contribution in [0.3, 0.4) is 0 Å². The first kappa shape index (κ1) is 36.2. The molecule has 0 bridgehead atoms. The molecule has 2 aliphatic heterocycles. The number of nitrogens with zero attached hydrogens (tertiary/aromatic N) is 7. The Bertz CT molecular complexity index is 1600. The average molecular weight is 708 g/mol. The molecular weight excluding hydrogens is 673 g/mol. The lowest BCUT2D eigenvalue weighted by Gasteiger charge is -2.43. The van der Waals surface area contributed by atoms with E-state index < -0.39 is 71.6 Å². The Morgan fingerprint density at radius 1 is 0.898 bits per heavy atom. The van der Waals surface area contributed by atoms with E-state index in [0.29, 0.717) is 18.7 Å². The smallest absolute Gasteiger partial charge is 0.416 e. The molecule has 1 amide bonds. The largest absolute Gasteiger partial charge is 0.446 e. The van der Waals surface area contributed by atoms with Crippen LogP contribution in [0.15, 0.2) is 36.4 Å². The Balaban J connectivity index is 1.64. The van der Waals surface area contributed by atoms with Gasteiger partial charge in [-0.2, -0.15) is 44.3 Å². The number of anilines is 2. The Kier molecular flexibility index (Phi) is 10.1. The first-order valence-electron chi connectivity index (χ1n) is 15.6. The quantitative estimate of drug-likeness (QED) is 0.222. The first-order valence-corrected chi connectivity index (χ1v) is 15.6. The molecule has 2 aromatic carbocycles. The summed E-state index contributed by atoms with van der Waals surface area (Å²) in [6.45, 7) is 6.63. The van der Waals surface area contributed by atoms with Crippen LogP contribution in [-0.4, -0.2) is 63.0 Å². The summed E-state index contributed by atoms with van der Waals surface area (Å²) in [5, 5.41) is 12.5. The van der Waals surface area contributed by atoms with E-state index in [2.05, 4.69) is 20.3 Å². The maximum atomic E-state index is 14.0. The molecular formula is C31H34F9N7O2. The van der Waals surface area contributed by atoms with Gasteiger partial charge in [0.25, 0.3) is 5.95 Å². The molecule has 0 saturated carbocycles. The molecule has 1 saturated heterocycles. The lowest BCUT2D eigenvalue weighted by molar-refractivity contribution is -0.143. The van der Waals surface area contributed by atoms with Gasteiger partial charge in [-0.1, -0.05) is 5.10 Å². The van der Waals surface area contributed by atoms with Crippen LogP contribution in [0, 0.1) is 0 Å². The molecule has 2 aliphatic rings. The van der Waals surface area contributed by atoms with Crippen molar-refractivity contribution in [2.75, 3.05) is 29.4 Å². The molecule has 2 atom stereocenters. The van der Waals surface area contributed by atoms with E-state index >= 15 is 0 Å². The van der Waals surface area contributed by atoms with Crippen molar-refractivity contribution in [3.63, 3.8) is 0 Å². The molecule has 1 aromatic heterocycles. The van der Waals surface area contributed by atoms with E-state index in [4.69, 9.17) is 4.74 Å². The van der Waals surface area contributed by atoms with Crippen LogP contribution in [0.25, 0.3) is 0 Å². The number of carbonyl (C=O) groups is 1. The summed E-state index contributed by atoms with van der Waals surface area (Å²) in [7, 11) is 0. The summed E-state index contributed by atoms with van der Waals surface area (Å²) < 4.78 is 130. The number of halogens is 9. The number of hydrogen-bond acceptors (Lipinski definition) is 7. The highest BCUT2D eigenvalue weighted by molar-refractivity contribution is 5.90. The molecule has 0 aliphatic carbocycles. The number of ether oxygens (including phenoxy) is 1. The van der Waals surface area contributed by atoms with Gasteiger partial charge in [-0.25, -0.2) is 4.79 Å². The first-order chi connectivity index (χ1) is 22.8. The van der Waals surface area contributed by atoms with E-state index in [-0.39, 0.29) is 36.2 Å². The third kappa shape index (κ3) is 8.38. The molecule has 0 radical (unpaired) electrons. The molecule has 3 aromatic rings. The summed E-state index contributed by atoms with van der Waals surface area (Å²) in [5.74, 6) is -0.230. The van der Waals surface area contributed by atoms with Gasteiger partial charge in [0, 0.05) is 19.1 Å². The van der Waals surface area contributed by atoms with Crippen LogP contribution in [0.2, 0.25) is 0 Å². The fraction of sp³-hybridized carbons (Fsp3) is 0.548. The number of amides is 1.